The third-order valence-electron chi connectivity index (χ3n) is 2.18. The fourth-order valence-corrected chi connectivity index (χ4v) is 1.55. The SMILES string of the molecule is COC(=O)C(C)(O)CNc1cc(Cl)ccc1Cl. The summed E-state index contributed by atoms with van der Waals surface area (Å²) in [5, 5.41) is 13.6. The van der Waals surface area contributed by atoms with E-state index in [0.29, 0.717) is 15.7 Å². The number of methoxy groups -OCH3 is 1. The quantitative estimate of drug-likeness (QED) is 0.830. The highest BCUT2D eigenvalue weighted by Crippen LogP contribution is 2.25. The lowest BCUT2D eigenvalue weighted by molar-refractivity contribution is -0.158. The minimum atomic E-state index is -1.62. The first-order chi connectivity index (χ1) is 7.86. The van der Waals surface area contributed by atoms with Crippen molar-refractivity contribution in [1.82, 2.24) is 0 Å². The number of benzene rings is 1. The molecular formula is C11H13Cl2NO3. The average molecular weight is 278 g/mol. The molecule has 17 heavy (non-hydrogen) atoms. The van der Waals surface area contributed by atoms with Crippen LogP contribution in [0.5, 0.6) is 0 Å². The Morgan fingerprint density at radius 2 is 2.18 bits per heavy atom. The fourth-order valence-electron chi connectivity index (χ4n) is 1.19. The van der Waals surface area contributed by atoms with Crippen molar-refractivity contribution in [2.24, 2.45) is 0 Å². The highest BCUT2D eigenvalue weighted by molar-refractivity contribution is 6.35. The van der Waals surface area contributed by atoms with E-state index in [0.717, 1.165) is 0 Å². The number of aliphatic hydroxyl groups is 1. The maximum Gasteiger partial charge on any atom is 0.339 e. The first-order valence-corrected chi connectivity index (χ1v) is 5.62. The van der Waals surface area contributed by atoms with E-state index in [1.54, 1.807) is 18.2 Å². The number of halogens is 2. The molecule has 0 spiro atoms. The van der Waals surface area contributed by atoms with Crippen LogP contribution in [0, 0.1) is 0 Å². The number of esters is 1. The Kier molecular flexibility index (Phi) is 4.62. The van der Waals surface area contributed by atoms with Gasteiger partial charge in [-0.05, 0) is 25.1 Å². The Morgan fingerprint density at radius 1 is 1.53 bits per heavy atom. The zero-order valence-corrected chi connectivity index (χ0v) is 11.0. The number of hydrogen-bond acceptors (Lipinski definition) is 4. The van der Waals surface area contributed by atoms with Crippen LogP contribution in [0.4, 0.5) is 5.69 Å². The molecule has 1 aromatic carbocycles. The number of nitrogens with one attached hydrogen (secondary N) is 1. The topological polar surface area (TPSA) is 58.6 Å². The summed E-state index contributed by atoms with van der Waals surface area (Å²) in [4.78, 5) is 11.2. The van der Waals surface area contributed by atoms with Crippen LogP contribution in [0.15, 0.2) is 18.2 Å². The molecule has 6 heteroatoms. The van der Waals surface area contributed by atoms with E-state index in [9.17, 15) is 9.90 Å². The summed E-state index contributed by atoms with van der Waals surface area (Å²) in [6, 6.07) is 4.88. The molecule has 0 fully saturated rings. The van der Waals surface area contributed by atoms with E-state index in [-0.39, 0.29) is 6.54 Å². The van der Waals surface area contributed by atoms with Gasteiger partial charge in [0.05, 0.1) is 24.4 Å². The van der Waals surface area contributed by atoms with Gasteiger partial charge in [-0.2, -0.15) is 0 Å². The zero-order chi connectivity index (χ0) is 13.1. The Morgan fingerprint density at radius 3 is 2.76 bits per heavy atom. The van der Waals surface area contributed by atoms with Crippen LogP contribution in [0.1, 0.15) is 6.92 Å². The lowest BCUT2D eigenvalue weighted by Gasteiger charge is -2.21. The van der Waals surface area contributed by atoms with E-state index in [1.807, 2.05) is 0 Å². The Hall–Kier alpha value is -0.970. The molecule has 0 saturated carbocycles. The van der Waals surface area contributed by atoms with Crippen molar-refractivity contribution < 1.29 is 14.6 Å². The van der Waals surface area contributed by atoms with Gasteiger partial charge in [-0.3, -0.25) is 0 Å². The van der Waals surface area contributed by atoms with Gasteiger partial charge in [0.15, 0.2) is 5.60 Å². The zero-order valence-electron chi connectivity index (χ0n) is 9.46. The third kappa shape index (κ3) is 3.77. The molecule has 1 aromatic rings. The molecule has 0 radical (unpaired) electrons. The van der Waals surface area contributed by atoms with Gasteiger partial charge in [-0.1, -0.05) is 23.2 Å². The minimum absolute atomic E-state index is 0.0280. The van der Waals surface area contributed by atoms with Gasteiger partial charge in [-0.25, -0.2) is 4.79 Å². The second kappa shape index (κ2) is 5.58. The number of carbonyl (C=O) groups excluding carboxylic acids is 1. The molecule has 2 N–H and O–H groups in total. The summed E-state index contributed by atoms with van der Waals surface area (Å²) in [5.74, 6) is -0.719. The molecule has 1 atom stereocenters. The molecule has 1 unspecified atom stereocenters. The Labute approximate surface area is 109 Å². The molecule has 0 aromatic heterocycles. The van der Waals surface area contributed by atoms with Gasteiger partial charge < -0.3 is 15.2 Å². The number of hydrogen-bond donors (Lipinski definition) is 2. The van der Waals surface area contributed by atoms with Gasteiger partial charge in [0.1, 0.15) is 0 Å². The summed E-state index contributed by atoms with van der Waals surface area (Å²) < 4.78 is 4.47. The number of ether oxygens (including phenoxy) is 1. The van der Waals surface area contributed by atoms with E-state index >= 15 is 0 Å². The van der Waals surface area contributed by atoms with Crippen LogP contribution in [0.25, 0.3) is 0 Å². The number of carbonyl (C=O) groups is 1. The van der Waals surface area contributed by atoms with Crippen LogP contribution in [0.2, 0.25) is 10.0 Å². The van der Waals surface area contributed by atoms with Crippen molar-refractivity contribution in [2.45, 2.75) is 12.5 Å². The predicted molar refractivity (Wildman–Crippen MR) is 67.6 cm³/mol. The van der Waals surface area contributed by atoms with Crippen LogP contribution >= 0.6 is 23.2 Å². The molecule has 0 aliphatic rings. The molecule has 0 heterocycles. The molecule has 0 bridgehead atoms. The monoisotopic (exact) mass is 277 g/mol. The first kappa shape index (κ1) is 14.1. The largest absolute Gasteiger partial charge is 0.467 e. The summed E-state index contributed by atoms with van der Waals surface area (Å²) in [5.41, 5.74) is -1.08. The molecule has 4 nitrogen and oxygen atoms in total. The van der Waals surface area contributed by atoms with Crippen molar-refractivity contribution in [3.63, 3.8) is 0 Å². The maximum atomic E-state index is 11.2. The van der Waals surface area contributed by atoms with E-state index in [1.165, 1.54) is 14.0 Å². The Balaban J connectivity index is 2.73. The van der Waals surface area contributed by atoms with Crippen molar-refractivity contribution in [3.8, 4) is 0 Å². The molecule has 0 aliphatic heterocycles. The van der Waals surface area contributed by atoms with E-state index < -0.39 is 11.6 Å². The van der Waals surface area contributed by atoms with Crippen molar-refractivity contribution in [1.29, 1.82) is 0 Å². The smallest absolute Gasteiger partial charge is 0.339 e. The molecule has 0 amide bonds. The van der Waals surface area contributed by atoms with Crippen LogP contribution in [0.3, 0.4) is 0 Å². The number of rotatable bonds is 4. The maximum absolute atomic E-state index is 11.2. The highest BCUT2D eigenvalue weighted by atomic mass is 35.5. The summed E-state index contributed by atoms with van der Waals surface area (Å²) in [6.45, 7) is 1.32. The van der Waals surface area contributed by atoms with Crippen molar-refractivity contribution in [2.75, 3.05) is 19.0 Å². The van der Waals surface area contributed by atoms with E-state index in [2.05, 4.69) is 10.1 Å². The van der Waals surface area contributed by atoms with Crippen LogP contribution in [-0.4, -0.2) is 30.3 Å². The summed E-state index contributed by atoms with van der Waals surface area (Å²) >= 11 is 11.7. The number of anilines is 1. The third-order valence-corrected chi connectivity index (χ3v) is 2.74. The standard InChI is InChI=1S/C11H13Cl2NO3/c1-11(16,10(15)17-2)6-14-9-5-7(12)3-4-8(9)13/h3-5,14,16H,6H2,1-2H3. The Bertz CT molecular complexity index is 421. The molecule has 0 saturated heterocycles. The van der Waals surface area contributed by atoms with Gasteiger partial charge in [0, 0.05) is 5.02 Å². The van der Waals surface area contributed by atoms with Gasteiger partial charge in [0.2, 0.25) is 0 Å². The van der Waals surface area contributed by atoms with Gasteiger partial charge in [0.25, 0.3) is 0 Å². The van der Waals surface area contributed by atoms with E-state index in [4.69, 9.17) is 23.2 Å². The molecule has 94 valence electrons. The minimum Gasteiger partial charge on any atom is -0.467 e. The average Bonchev–Trinajstić information content (AvgIpc) is 2.29. The van der Waals surface area contributed by atoms with Crippen molar-refractivity contribution in [3.05, 3.63) is 28.2 Å². The second-order valence-corrected chi connectivity index (χ2v) is 4.59. The van der Waals surface area contributed by atoms with Crippen LogP contribution in [-0.2, 0) is 9.53 Å². The fraction of sp³-hybridized carbons (Fsp3) is 0.364. The summed E-state index contributed by atoms with van der Waals surface area (Å²) in [6.07, 6.45) is 0. The normalized spacial score (nSPS) is 13.9. The summed E-state index contributed by atoms with van der Waals surface area (Å²) in [7, 11) is 1.21. The molecular weight excluding hydrogens is 265 g/mol. The van der Waals surface area contributed by atoms with Crippen LogP contribution < -0.4 is 5.32 Å². The lowest BCUT2D eigenvalue weighted by atomic mass is 10.1. The predicted octanol–water partition coefficient (Wildman–Crippen LogP) is 2.33. The lowest BCUT2D eigenvalue weighted by Crippen LogP contribution is -2.42. The highest BCUT2D eigenvalue weighted by Gasteiger charge is 2.31. The first-order valence-electron chi connectivity index (χ1n) is 4.86. The molecule has 0 aliphatic carbocycles. The van der Waals surface area contributed by atoms with Gasteiger partial charge in [-0.15, -0.1) is 0 Å². The van der Waals surface area contributed by atoms with Gasteiger partial charge >= 0.3 is 5.97 Å². The second-order valence-electron chi connectivity index (χ2n) is 3.74. The molecule has 1 rings (SSSR count). The van der Waals surface area contributed by atoms with Crippen molar-refractivity contribution >= 4 is 34.9 Å².